The van der Waals surface area contributed by atoms with Gasteiger partial charge in [-0.05, 0) is 31.5 Å². The molecule has 0 amide bonds. The number of benzene rings is 1. The summed E-state index contributed by atoms with van der Waals surface area (Å²) in [5, 5.41) is -1.11. The van der Waals surface area contributed by atoms with Gasteiger partial charge in [-0.3, -0.25) is 4.98 Å². The van der Waals surface area contributed by atoms with E-state index in [1.807, 2.05) is 0 Å². The Morgan fingerprint density at radius 3 is 2.88 bits per heavy atom. The minimum atomic E-state index is -3.95. The summed E-state index contributed by atoms with van der Waals surface area (Å²) < 4.78 is 59.4. The highest BCUT2D eigenvalue weighted by Crippen LogP contribution is 2.45. The van der Waals surface area contributed by atoms with E-state index in [1.165, 1.54) is 38.6 Å². The van der Waals surface area contributed by atoms with Crippen molar-refractivity contribution in [2.45, 2.75) is 30.2 Å². The number of ether oxygens (including phenoxy) is 3. The van der Waals surface area contributed by atoms with E-state index in [1.54, 1.807) is 13.1 Å². The van der Waals surface area contributed by atoms with Gasteiger partial charge in [-0.25, -0.2) is 27.1 Å². The average molecular weight is 466 g/mol. The van der Waals surface area contributed by atoms with Crippen LogP contribution in [0, 0.1) is 12.7 Å². The number of methoxy groups -OCH3 is 1. The number of hydrogen-bond donors (Lipinski definition) is 1. The molecule has 32 heavy (non-hydrogen) atoms. The standard InChI is InChI=1S/C20H24FN5O5S/c1-12-8-23-9-18(24-12)31-13-4-5-16(21)15(6-13)20-11-30-14(10-29-3)7-17(20)32(27,28)26(2)19(22)25-20/h4-6,8-9,14,17H,7,10-11H2,1-3H3,(H2,22,25)/t14-,17-,20-/m1/s1. The van der Waals surface area contributed by atoms with Crippen molar-refractivity contribution in [2.24, 2.45) is 10.7 Å². The number of rotatable bonds is 5. The predicted octanol–water partition coefficient (Wildman–Crippen LogP) is 1.31. The maximum Gasteiger partial charge on any atom is 0.243 e. The monoisotopic (exact) mass is 465 g/mol. The van der Waals surface area contributed by atoms with Crippen molar-refractivity contribution < 1.29 is 27.0 Å². The van der Waals surface area contributed by atoms with Gasteiger partial charge in [0.25, 0.3) is 0 Å². The van der Waals surface area contributed by atoms with Crippen LogP contribution in [0.15, 0.2) is 35.6 Å². The molecule has 0 saturated carbocycles. The fourth-order valence-electron chi connectivity index (χ4n) is 4.03. The zero-order chi connectivity index (χ0) is 23.1. The number of aryl methyl sites for hydroxylation is 1. The third kappa shape index (κ3) is 3.78. The highest BCUT2D eigenvalue weighted by Gasteiger charge is 2.57. The second kappa shape index (κ2) is 8.26. The summed E-state index contributed by atoms with van der Waals surface area (Å²) in [5.74, 6) is -0.428. The first-order chi connectivity index (χ1) is 15.2. The maximum atomic E-state index is 15.2. The van der Waals surface area contributed by atoms with E-state index in [4.69, 9.17) is 19.9 Å². The fourth-order valence-corrected chi connectivity index (χ4v) is 5.91. The molecule has 2 aliphatic heterocycles. The lowest BCUT2D eigenvalue weighted by Crippen LogP contribution is -2.62. The number of aromatic nitrogens is 2. The van der Waals surface area contributed by atoms with Crippen LogP contribution in [0.3, 0.4) is 0 Å². The predicted molar refractivity (Wildman–Crippen MR) is 113 cm³/mol. The SMILES string of the molecule is COC[C@H]1C[C@@H]2[C@](c3cc(Oc4cncc(C)n4)ccc3F)(CO1)N=C(N)N(C)S2(=O)=O. The van der Waals surface area contributed by atoms with E-state index in [2.05, 4.69) is 15.0 Å². The quantitative estimate of drug-likeness (QED) is 0.700. The topological polar surface area (TPSA) is 129 Å². The van der Waals surface area contributed by atoms with Gasteiger partial charge < -0.3 is 19.9 Å². The Morgan fingerprint density at radius 2 is 2.16 bits per heavy atom. The number of sulfonamides is 1. The summed E-state index contributed by atoms with van der Waals surface area (Å²) in [6.07, 6.45) is 2.57. The second-order valence-corrected chi connectivity index (χ2v) is 9.91. The average Bonchev–Trinajstić information content (AvgIpc) is 2.75. The van der Waals surface area contributed by atoms with Gasteiger partial charge in [-0.1, -0.05) is 0 Å². The Morgan fingerprint density at radius 1 is 1.38 bits per heavy atom. The van der Waals surface area contributed by atoms with Crippen molar-refractivity contribution in [2.75, 3.05) is 27.4 Å². The zero-order valence-corrected chi connectivity index (χ0v) is 18.7. The fraction of sp³-hybridized carbons (Fsp3) is 0.450. The van der Waals surface area contributed by atoms with Crippen LogP contribution in [0.2, 0.25) is 0 Å². The Kier molecular flexibility index (Phi) is 5.77. The van der Waals surface area contributed by atoms with E-state index in [0.717, 1.165) is 4.31 Å². The number of fused-ring (bicyclic) bond motifs is 1. The lowest BCUT2D eigenvalue weighted by atomic mass is 9.82. The van der Waals surface area contributed by atoms with E-state index >= 15 is 4.39 Å². The molecular weight excluding hydrogens is 441 g/mol. The van der Waals surface area contributed by atoms with Crippen molar-refractivity contribution in [3.8, 4) is 11.6 Å². The molecule has 2 aliphatic rings. The molecule has 0 aliphatic carbocycles. The van der Waals surface area contributed by atoms with E-state index in [0.29, 0.717) is 5.69 Å². The summed E-state index contributed by atoms with van der Waals surface area (Å²) in [5.41, 5.74) is 5.02. The molecule has 3 heterocycles. The van der Waals surface area contributed by atoms with Crippen LogP contribution in [0.25, 0.3) is 0 Å². The molecule has 2 aromatic rings. The van der Waals surface area contributed by atoms with Gasteiger partial charge >= 0.3 is 0 Å². The summed E-state index contributed by atoms with van der Waals surface area (Å²) in [6.45, 7) is 1.77. The molecule has 1 aromatic heterocycles. The Hall–Kier alpha value is -2.83. The van der Waals surface area contributed by atoms with Gasteiger partial charge in [0.2, 0.25) is 21.9 Å². The van der Waals surface area contributed by atoms with Crippen LogP contribution >= 0.6 is 0 Å². The number of nitrogens with zero attached hydrogens (tertiary/aromatic N) is 4. The third-order valence-corrected chi connectivity index (χ3v) is 7.89. The zero-order valence-electron chi connectivity index (χ0n) is 17.9. The Labute approximate surface area is 185 Å². The highest BCUT2D eigenvalue weighted by molar-refractivity contribution is 7.90. The van der Waals surface area contributed by atoms with Crippen LogP contribution in [0.5, 0.6) is 11.6 Å². The third-order valence-electron chi connectivity index (χ3n) is 5.64. The highest BCUT2D eigenvalue weighted by atomic mass is 32.2. The van der Waals surface area contributed by atoms with Crippen molar-refractivity contribution in [1.82, 2.24) is 14.3 Å². The van der Waals surface area contributed by atoms with Gasteiger partial charge in [0.05, 0.1) is 31.2 Å². The van der Waals surface area contributed by atoms with Gasteiger partial charge in [-0.2, -0.15) is 0 Å². The largest absolute Gasteiger partial charge is 0.437 e. The molecule has 10 nitrogen and oxygen atoms in total. The number of nitrogens with two attached hydrogens (primary N) is 1. The molecule has 1 saturated heterocycles. The smallest absolute Gasteiger partial charge is 0.243 e. The summed E-state index contributed by atoms with van der Waals surface area (Å²) >= 11 is 0. The van der Waals surface area contributed by atoms with E-state index in [9.17, 15) is 8.42 Å². The summed E-state index contributed by atoms with van der Waals surface area (Å²) in [4.78, 5) is 12.7. The Bertz CT molecular complexity index is 1160. The van der Waals surface area contributed by atoms with Crippen molar-refractivity contribution in [3.63, 3.8) is 0 Å². The van der Waals surface area contributed by atoms with Gasteiger partial charge in [0, 0.05) is 25.9 Å². The van der Waals surface area contributed by atoms with Crippen molar-refractivity contribution >= 4 is 16.0 Å². The molecule has 12 heteroatoms. The van der Waals surface area contributed by atoms with E-state index < -0.39 is 32.7 Å². The van der Waals surface area contributed by atoms with Crippen molar-refractivity contribution in [1.29, 1.82) is 0 Å². The van der Waals surface area contributed by atoms with Crippen LogP contribution in [-0.4, -0.2) is 67.4 Å². The molecule has 4 rings (SSSR count). The molecular formula is C20H24FN5O5S. The van der Waals surface area contributed by atoms with Gasteiger partial charge in [0.15, 0.2) is 0 Å². The molecule has 1 fully saturated rings. The molecule has 2 N–H and O–H groups in total. The van der Waals surface area contributed by atoms with Crippen LogP contribution in [0.1, 0.15) is 17.7 Å². The molecule has 0 spiro atoms. The summed E-state index contributed by atoms with van der Waals surface area (Å²) in [6, 6.07) is 4.02. The number of hydrogen-bond acceptors (Lipinski definition) is 9. The minimum absolute atomic E-state index is 0.0103. The van der Waals surface area contributed by atoms with Gasteiger partial charge in [-0.15, -0.1) is 0 Å². The molecule has 0 radical (unpaired) electrons. The lowest BCUT2D eigenvalue weighted by Gasteiger charge is -2.47. The first-order valence-corrected chi connectivity index (χ1v) is 11.4. The van der Waals surface area contributed by atoms with E-state index in [-0.39, 0.29) is 42.8 Å². The first-order valence-electron chi connectivity index (χ1n) is 9.87. The minimum Gasteiger partial charge on any atom is -0.437 e. The molecule has 172 valence electrons. The maximum absolute atomic E-state index is 15.2. The van der Waals surface area contributed by atoms with Crippen LogP contribution in [-0.2, 0) is 25.0 Å². The first kappa shape index (κ1) is 22.4. The molecule has 0 bridgehead atoms. The second-order valence-electron chi connectivity index (χ2n) is 7.76. The van der Waals surface area contributed by atoms with Crippen LogP contribution < -0.4 is 10.5 Å². The number of guanidine groups is 1. The lowest BCUT2D eigenvalue weighted by molar-refractivity contribution is -0.0611. The molecule has 3 atom stereocenters. The van der Waals surface area contributed by atoms with Crippen LogP contribution in [0.4, 0.5) is 4.39 Å². The number of aliphatic imine (C=N–C) groups is 1. The molecule has 0 unspecified atom stereocenters. The normalized spacial score (nSPS) is 26.9. The van der Waals surface area contributed by atoms with Crippen molar-refractivity contribution in [3.05, 3.63) is 47.7 Å². The summed E-state index contributed by atoms with van der Waals surface area (Å²) in [7, 11) is -1.13. The van der Waals surface area contributed by atoms with Gasteiger partial charge in [0.1, 0.15) is 22.4 Å². The Balaban J connectivity index is 1.82. The number of halogens is 1. The molecule has 1 aromatic carbocycles.